The van der Waals surface area contributed by atoms with Crippen LogP contribution >= 0.6 is 0 Å². The molecule has 15 atom stereocenters. The fourth-order valence-corrected chi connectivity index (χ4v) is 3.84. The Morgan fingerprint density at radius 3 is 1.29 bits per heavy atom. The molecule has 0 radical (unpaired) electrons. The molecule has 0 bridgehead atoms. The van der Waals surface area contributed by atoms with E-state index in [2.05, 4.69) is 0 Å². The highest BCUT2D eigenvalue weighted by Gasteiger charge is 2.48. The standard InChI is InChI=1S/C18H32O16/c19-1-4-7(20)11(24)14(27)17(33-4)31-3-6-9(22)12(25)15(28)18(34-6)30-2-5-8(21)10(23)13(26)16(29)32-5/h4-29H,1-3H2/t4-,5-,6-,7-,8-,9-,10+,11+,12+,13-,14-,15-,16?,17?,18?/m1/s1. The van der Waals surface area contributed by atoms with Crippen molar-refractivity contribution in [1.82, 2.24) is 0 Å². The van der Waals surface area contributed by atoms with Gasteiger partial charge in [-0.05, 0) is 0 Å². The first-order valence-electron chi connectivity index (χ1n) is 10.6. The minimum absolute atomic E-state index is 0.570. The van der Waals surface area contributed by atoms with Crippen LogP contribution in [0.4, 0.5) is 0 Å². The van der Waals surface area contributed by atoms with E-state index in [-0.39, 0.29) is 0 Å². The Morgan fingerprint density at radius 1 is 0.441 bits per heavy atom. The van der Waals surface area contributed by atoms with Crippen LogP contribution < -0.4 is 0 Å². The molecule has 0 aliphatic carbocycles. The molecule has 0 saturated carbocycles. The molecular weight excluding hydrogens is 472 g/mol. The summed E-state index contributed by atoms with van der Waals surface area (Å²) in [6.45, 7) is -1.84. The molecule has 0 spiro atoms. The van der Waals surface area contributed by atoms with E-state index in [1.54, 1.807) is 0 Å². The van der Waals surface area contributed by atoms with Gasteiger partial charge in [0, 0.05) is 0 Å². The van der Waals surface area contributed by atoms with Gasteiger partial charge in [-0.1, -0.05) is 0 Å². The van der Waals surface area contributed by atoms with Gasteiger partial charge in [0.25, 0.3) is 0 Å². The van der Waals surface area contributed by atoms with Gasteiger partial charge in [-0.15, -0.1) is 0 Å². The molecule has 3 fully saturated rings. The number of aliphatic hydroxyl groups excluding tert-OH is 11. The summed E-state index contributed by atoms with van der Waals surface area (Å²) in [6, 6.07) is 0. The number of ether oxygens (including phenoxy) is 5. The van der Waals surface area contributed by atoms with Crippen molar-refractivity contribution in [3.05, 3.63) is 0 Å². The maximum Gasteiger partial charge on any atom is 0.186 e. The van der Waals surface area contributed by atoms with Gasteiger partial charge in [0.05, 0.1) is 19.8 Å². The summed E-state index contributed by atoms with van der Waals surface area (Å²) >= 11 is 0. The van der Waals surface area contributed by atoms with E-state index in [0.29, 0.717) is 0 Å². The second-order valence-corrected chi connectivity index (χ2v) is 8.42. The molecule has 34 heavy (non-hydrogen) atoms. The highest BCUT2D eigenvalue weighted by Crippen LogP contribution is 2.27. The van der Waals surface area contributed by atoms with Crippen LogP contribution in [0, 0.1) is 0 Å². The molecule has 0 aromatic rings. The molecule has 3 aliphatic heterocycles. The van der Waals surface area contributed by atoms with E-state index in [4.69, 9.17) is 23.7 Å². The van der Waals surface area contributed by atoms with Crippen LogP contribution in [0.15, 0.2) is 0 Å². The van der Waals surface area contributed by atoms with E-state index in [1.165, 1.54) is 0 Å². The average molecular weight is 504 g/mol. The molecule has 0 amide bonds. The molecule has 3 saturated heterocycles. The first-order valence-corrected chi connectivity index (χ1v) is 10.6. The summed E-state index contributed by atoms with van der Waals surface area (Å²) in [4.78, 5) is 0. The lowest BCUT2D eigenvalue weighted by Crippen LogP contribution is -2.62. The number of aliphatic hydroxyl groups is 11. The summed E-state index contributed by atoms with van der Waals surface area (Å²) in [7, 11) is 0. The van der Waals surface area contributed by atoms with Crippen LogP contribution in [-0.2, 0) is 23.7 Å². The van der Waals surface area contributed by atoms with Crippen molar-refractivity contribution in [2.75, 3.05) is 19.8 Å². The first kappa shape index (κ1) is 27.9. The first-order chi connectivity index (χ1) is 16.0. The molecule has 3 rings (SSSR count). The van der Waals surface area contributed by atoms with Crippen LogP contribution in [-0.4, -0.2) is 168 Å². The Bertz CT molecular complexity index is 639. The van der Waals surface area contributed by atoms with Crippen LogP contribution in [0.25, 0.3) is 0 Å². The zero-order valence-electron chi connectivity index (χ0n) is 17.7. The van der Waals surface area contributed by atoms with Crippen molar-refractivity contribution in [2.24, 2.45) is 0 Å². The number of rotatable bonds is 7. The van der Waals surface area contributed by atoms with Crippen molar-refractivity contribution in [3.63, 3.8) is 0 Å². The lowest BCUT2D eigenvalue weighted by molar-refractivity contribution is -0.340. The topological polar surface area (TPSA) is 269 Å². The fourth-order valence-electron chi connectivity index (χ4n) is 3.84. The van der Waals surface area contributed by atoms with Gasteiger partial charge in [0.2, 0.25) is 0 Å². The van der Waals surface area contributed by atoms with E-state index in [1.807, 2.05) is 0 Å². The monoisotopic (exact) mass is 504 g/mol. The Kier molecular flexibility index (Phi) is 9.54. The number of hydrogen-bond acceptors (Lipinski definition) is 16. The Hall–Kier alpha value is -0.640. The Balaban J connectivity index is 1.58. The third kappa shape index (κ3) is 5.68. The lowest BCUT2D eigenvalue weighted by atomic mass is 9.98. The summed E-state index contributed by atoms with van der Waals surface area (Å²) < 4.78 is 26.1. The van der Waals surface area contributed by atoms with Gasteiger partial charge in [0.15, 0.2) is 18.9 Å². The van der Waals surface area contributed by atoms with Gasteiger partial charge < -0.3 is 79.9 Å². The molecule has 3 aliphatic rings. The van der Waals surface area contributed by atoms with Gasteiger partial charge in [0.1, 0.15) is 73.2 Å². The molecule has 16 nitrogen and oxygen atoms in total. The van der Waals surface area contributed by atoms with E-state index < -0.39 is 112 Å². The Morgan fingerprint density at radius 2 is 0.824 bits per heavy atom. The molecule has 3 heterocycles. The van der Waals surface area contributed by atoms with Crippen LogP contribution in [0.1, 0.15) is 0 Å². The van der Waals surface area contributed by atoms with Crippen LogP contribution in [0.5, 0.6) is 0 Å². The smallest absolute Gasteiger partial charge is 0.186 e. The highest BCUT2D eigenvalue weighted by molar-refractivity contribution is 4.92. The molecule has 3 unspecified atom stereocenters. The second-order valence-electron chi connectivity index (χ2n) is 8.42. The summed E-state index contributed by atoms with van der Waals surface area (Å²) in [6.07, 6.45) is -24.4. The zero-order valence-corrected chi connectivity index (χ0v) is 17.7. The SMILES string of the molecule is OC[C@H]1OC(OC[C@H]2OC(OC[C@H]3OC(O)[C@H](O)[C@@H](O)[C@@H]3O)[C@H](O)[C@@H](O)[C@@H]2O)[C@H](O)[C@@H](O)[C@@H]1O. The summed E-state index contributed by atoms with van der Waals surface area (Å²) in [5.41, 5.74) is 0. The molecule has 0 aromatic carbocycles. The summed E-state index contributed by atoms with van der Waals surface area (Å²) in [5, 5.41) is 108. The quantitative estimate of drug-likeness (QED) is 0.154. The average Bonchev–Trinajstić information content (AvgIpc) is 2.82. The van der Waals surface area contributed by atoms with E-state index >= 15 is 0 Å². The van der Waals surface area contributed by atoms with Crippen molar-refractivity contribution in [1.29, 1.82) is 0 Å². The van der Waals surface area contributed by atoms with Crippen molar-refractivity contribution in [2.45, 2.75) is 92.1 Å². The minimum atomic E-state index is -1.82. The van der Waals surface area contributed by atoms with Gasteiger partial charge in [-0.25, -0.2) is 0 Å². The minimum Gasteiger partial charge on any atom is -0.394 e. The fraction of sp³-hybridized carbons (Fsp3) is 1.00. The lowest BCUT2D eigenvalue weighted by Gasteiger charge is -2.43. The highest BCUT2D eigenvalue weighted by atomic mass is 16.7. The maximum absolute atomic E-state index is 10.2. The molecule has 16 heteroatoms. The maximum atomic E-state index is 10.2. The molecule has 0 aromatic heterocycles. The third-order valence-electron chi connectivity index (χ3n) is 6.05. The normalized spacial score (nSPS) is 52.5. The zero-order chi connectivity index (χ0) is 25.3. The van der Waals surface area contributed by atoms with Crippen molar-refractivity contribution < 1.29 is 79.9 Å². The predicted octanol–water partition coefficient (Wildman–Crippen LogP) is -7.57. The van der Waals surface area contributed by atoms with E-state index in [0.717, 1.165) is 0 Å². The van der Waals surface area contributed by atoms with Crippen LogP contribution in [0.3, 0.4) is 0 Å². The van der Waals surface area contributed by atoms with Crippen molar-refractivity contribution >= 4 is 0 Å². The molecule has 200 valence electrons. The molecular formula is C18H32O16. The Labute approximate surface area is 192 Å². The predicted molar refractivity (Wildman–Crippen MR) is 101 cm³/mol. The van der Waals surface area contributed by atoms with Gasteiger partial charge >= 0.3 is 0 Å². The summed E-state index contributed by atoms with van der Waals surface area (Å²) in [5.74, 6) is 0. The third-order valence-corrected chi connectivity index (χ3v) is 6.05. The molecule has 11 N–H and O–H groups in total. The van der Waals surface area contributed by atoms with Gasteiger partial charge in [-0.3, -0.25) is 0 Å². The van der Waals surface area contributed by atoms with Crippen LogP contribution in [0.2, 0.25) is 0 Å². The van der Waals surface area contributed by atoms with Crippen molar-refractivity contribution in [3.8, 4) is 0 Å². The number of hydrogen-bond donors (Lipinski definition) is 11. The van der Waals surface area contributed by atoms with E-state index in [9.17, 15) is 56.2 Å². The second kappa shape index (κ2) is 11.6. The van der Waals surface area contributed by atoms with Gasteiger partial charge in [-0.2, -0.15) is 0 Å². The largest absolute Gasteiger partial charge is 0.394 e.